The summed E-state index contributed by atoms with van der Waals surface area (Å²) in [7, 11) is 0. The molecule has 0 aromatic heterocycles. The largest absolute Gasteiger partial charge is 0.612 e. The zero-order valence-corrected chi connectivity index (χ0v) is 13.7. The molecule has 0 spiro atoms. The maximum absolute atomic E-state index is 10.8. The normalized spacial score (nSPS) is 21.9. The maximum atomic E-state index is 10.8. The number of hydrogen-bond donors (Lipinski definition) is 2. The zero-order chi connectivity index (χ0) is 16.7. The van der Waals surface area contributed by atoms with Gasteiger partial charge < -0.3 is 10.4 Å². The molecule has 1 fully saturated rings. The SMILES string of the molecule is [O-][N+]([O-])=C1C=CC(=C2NN=C3SC(c4ccc(Cl)cc4)NN32)C=C1. The second kappa shape index (κ2) is 5.90. The minimum atomic E-state index is -0.418. The van der Waals surface area contributed by atoms with Gasteiger partial charge in [0.05, 0.1) is 0 Å². The van der Waals surface area contributed by atoms with Gasteiger partial charge in [-0.3, -0.25) is 5.43 Å². The summed E-state index contributed by atoms with van der Waals surface area (Å²) in [6.07, 6.45) is 6.34. The van der Waals surface area contributed by atoms with Crippen molar-refractivity contribution in [3.8, 4) is 0 Å². The molecule has 0 radical (unpaired) electrons. The van der Waals surface area contributed by atoms with Gasteiger partial charge in [-0.2, -0.15) is 4.90 Å². The van der Waals surface area contributed by atoms with Crippen molar-refractivity contribution in [2.24, 2.45) is 5.10 Å². The van der Waals surface area contributed by atoms with E-state index in [1.807, 2.05) is 29.3 Å². The summed E-state index contributed by atoms with van der Waals surface area (Å²) in [5.41, 5.74) is 8.28. The number of hydrazone groups is 1. The Balaban J connectivity index is 1.58. The molecule has 1 aromatic rings. The molecular weight excluding hydrogens is 350 g/mol. The fraction of sp³-hybridized carbons (Fsp3) is 0.0667. The van der Waals surface area contributed by atoms with E-state index in [0.29, 0.717) is 5.02 Å². The van der Waals surface area contributed by atoms with E-state index in [4.69, 9.17) is 11.6 Å². The molecule has 0 amide bonds. The highest BCUT2D eigenvalue weighted by Crippen LogP contribution is 2.38. The summed E-state index contributed by atoms with van der Waals surface area (Å²) >= 11 is 7.51. The van der Waals surface area contributed by atoms with E-state index in [1.54, 1.807) is 23.9 Å². The summed E-state index contributed by atoms with van der Waals surface area (Å²) in [5, 5.41) is 29.2. The summed E-state index contributed by atoms with van der Waals surface area (Å²) < 4.78 is 0. The molecule has 9 heteroatoms. The number of rotatable bonds is 1. The number of halogens is 1. The number of hydrazine groups is 1. The van der Waals surface area contributed by atoms with Gasteiger partial charge in [0.15, 0.2) is 5.82 Å². The van der Waals surface area contributed by atoms with E-state index in [0.717, 1.165) is 22.1 Å². The van der Waals surface area contributed by atoms with Crippen LogP contribution in [-0.2, 0) is 0 Å². The van der Waals surface area contributed by atoms with Crippen LogP contribution in [0.4, 0.5) is 0 Å². The zero-order valence-electron chi connectivity index (χ0n) is 12.1. The van der Waals surface area contributed by atoms with E-state index in [9.17, 15) is 10.4 Å². The van der Waals surface area contributed by atoms with Gasteiger partial charge >= 0.3 is 0 Å². The molecular formula is C15H11ClN5O2S-. The molecule has 2 N–H and O–H groups in total. The van der Waals surface area contributed by atoms with Crippen molar-refractivity contribution in [1.82, 2.24) is 15.9 Å². The summed E-state index contributed by atoms with van der Waals surface area (Å²) in [6, 6.07) is 7.64. The van der Waals surface area contributed by atoms with Gasteiger partial charge in [-0.05, 0) is 29.8 Å². The highest BCUT2D eigenvalue weighted by atomic mass is 35.5. The Kier molecular flexibility index (Phi) is 3.72. The Labute approximate surface area is 146 Å². The van der Waals surface area contributed by atoms with E-state index in [1.165, 1.54) is 12.2 Å². The Hall–Kier alpha value is -2.42. The van der Waals surface area contributed by atoms with Gasteiger partial charge in [0.2, 0.25) is 10.9 Å². The second-order valence-electron chi connectivity index (χ2n) is 5.17. The molecule has 1 saturated heterocycles. The lowest BCUT2D eigenvalue weighted by atomic mass is 10.1. The molecule has 4 rings (SSSR count). The van der Waals surface area contributed by atoms with Gasteiger partial charge in [0, 0.05) is 22.7 Å². The van der Waals surface area contributed by atoms with E-state index in [2.05, 4.69) is 16.0 Å². The first-order valence-electron chi connectivity index (χ1n) is 7.06. The topological polar surface area (TPSA) is 88.8 Å². The molecule has 0 saturated carbocycles. The first-order chi connectivity index (χ1) is 11.6. The first-order valence-corrected chi connectivity index (χ1v) is 8.31. The molecule has 2 heterocycles. The fourth-order valence-corrected chi connectivity index (χ4v) is 3.59. The van der Waals surface area contributed by atoms with Crippen molar-refractivity contribution < 1.29 is 4.90 Å². The van der Waals surface area contributed by atoms with Crippen molar-refractivity contribution in [1.29, 1.82) is 0 Å². The molecule has 1 unspecified atom stereocenters. The highest BCUT2D eigenvalue weighted by Gasteiger charge is 2.36. The van der Waals surface area contributed by atoms with Crippen molar-refractivity contribution >= 4 is 34.2 Å². The molecule has 1 atom stereocenters. The van der Waals surface area contributed by atoms with Crippen molar-refractivity contribution in [3.05, 3.63) is 81.0 Å². The predicted molar refractivity (Wildman–Crippen MR) is 94.6 cm³/mol. The molecule has 3 aliphatic rings. The van der Waals surface area contributed by atoms with E-state index >= 15 is 0 Å². The number of nitrogens with zero attached hydrogens (tertiary/aromatic N) is 3. The van der Waals surface area contributed by atoms with E-state index < -0.39 is 4.90 Å². The first kappa shape index (κ1) is 15.1. The number of benzene rings is 1. The quantitative estimate of drug-likeness (QED) is 0.591. The number of thioether (sulfide) groups is 1. The van der Waals surface area contributed by atoms with Crippen molar-refractivity contribution in [3.63, 3.8) is 0 Å². The predicted octanol–water partition coefficient (Wildman–Crippen LogP) is 2.55. The minimum absolute atomic E-state index is 0.0242. The molecule has 1 aromatic carbocycles. The van der Waals surface area contributed by atoms with Gasteiger partial charge in [-0.25, -0.2) is 10.4 Å². The molecule has 2 aliphatic heterocycles. The summed E-state index contributed by atoms with van der Waals surface area (Å²) in [6.45, 7) is 0. The lowest BCUT2D eigenvalue weighted by Gasteiger charge is -2.18. The summed E-state index contributed by atoms with van der Waals surface area (Å²) in [4.78, 5) is -0.418. The number of fused-ring (bicyclic) bond motifs is 1. The second-order valence-corrected chi connectivity index (χ2v) is 6.68. The van der Waals surface area contributed by atoms with Crippen LogP contribution in [0.5, 0.6) is 0 Å². The van der Waals surface area contributed by atoms with Crippen LogP contribution in [0.25, 0.3) is 0 Å². The van der Waals surface area contributed by atoms with Gasteiger partial charge in [-0.1, -0.05) is 35.5 Å². The van der Waals surface area contributed by atoms with Crippen LogP contribution < -0.4 is 10.9 Å². The van der Waals surface area contributed by atoms with Crippen LogP contribution in [-0.4, -0.2) is 20.8 Å². The van der Waals surface area contributed by atoms with Crippen LogP contribution in [0.15, 0.2) is 65.1 Å². The van der Waals surface area contributed by atoms with E-state index in [-0.39, 0.29) is 11.1 Å². The monoisotopic (exact) mass is 360 g/mol. The fourth-order valence-electron chi connectivity index (χ4n) is 2.46. The highest BCUT2D eigenvalue weighted by molar-refractivity contribution is 8.14. The summed E-state index contributed by atoms with van der Waals surface area (Å²) in [5.74, 6) is 0.740. The van der Waals surface area contributed by atoms with Crippen molar-refractivity contribution in [2.75, 3.05) is 0 Å². The maximum Gasteiger partial charge on any atom is 0.222 e. The Morgan fingerprint density at radius 1 is 1.12 bits per heavy atom. The molecule has 0 bridgehead atoms. The molecule has 122 valence electrons. The third-order valence-corrected chi connectivity index (χ3v) is 5.02. The number of nitrogens with one attached hydrogen (secondary N) is 2. The van der Waals surface area contributed by atoms with Crippen LogP contribution in [0.2, 0.25) is 5.02 Å². The number of hydrogen-bond acceptors (Lipinski definition) is 7. The smallest absolute Gasteiger partial charge is 0.222 e. The Morgan fingerprint density at radius 3 is 2.50 bits per heavy atom. The van der Waals surface area contributed by atoms with Crippen LogP contribution >= 0.6 is 23.4 Å². The molecule has 1 aliphatic carbocycles. The Bertz CT molecular complexity index is 822. The van der Waals surface area contributed by atoms with Crippen molar-refractivity contribution in [2.45, 2.75) is 5.37 Å². The number of allylic oxidation sites excluding steroid dienone is 5. The lowest BCUT2D eigenvalue weighted by Crippen LogP contribution is -2.34. The molecule has 7 nitrogen and oxygen atoms in total. The van der Waals surface area contributed by atoms with Crippen LogP contribution in [0, 0.1) is 10.4 Å². The number of amidine groups is 1. The average molecular weight is 361 g/mol. The minimum Gasteiger partial charge on any atom is -0.612 e. The third-order valence-electron chi connectivity index (χ3n) is 3.67. The third kappa shape index (κ3) is 2.64. The van der Waals surface area contributed by atoms with Crippen LogP contribution in [0.1, 0.15) is 10.9 Å². The standard InChI is InChI=1S/C15H11ClN5O2S/c16-11-5-1-10(2-6-11)14-19-20-13(17-18-15(20)24-14)9-3-7-12(8-4-9)21(22)23/h1-8,14,17,19H/q-1. The Morgan fingerprint density at radius 2 is 1.83 bits per heavy atom. The van der Waals surface area contributed by atoms with Crippen LogP contribution in [0.3, 0.4) is 0 Å². The molecule has 24 heavy (non-hydrogen) atoms. The van der Waals surface area contributed by atoms with Gasteiger partial charge in [0.1, 0.15) is 5.37 Å². The average Bonchev–Trinajstić information content (AvgIpc) is 3.16. The lowest BCUT2D eigenvalue weighted by molar-refractivity contribution is -0.377. The van der Waals surface area contributed by atoms with Gasteiger partial charge in [0.25, 0.3) is 0 Å². The van der Waals surface area contributed by atoms with Gasteiger partial charge in [-0.15, -0.1) is 5.10 Å².